The minimum absolute atomic E-state index is 0.0377. The van der Waals surface area contributed by atoms with Crippen LogP contribution in [-0.4, -0.2) is 12.9 Å². The molecule has 2 aromatic carbocycles. The van der Waals surface area contributed by atoms with Crippen LogP contribution in [0.2, 0.25) is 5.02 Å². The Morgan fingerprint density at radius 1 is 1.24 bits per heavy atom. The number of halogens is 2. The number of methoxy groups -OCH3 is 1. The number of fused-ring (bicyclic) bond motifs is 1. The van der Waals surface area contributed by atoms with Crippen LogP contribution in [0.1, 0.15) is 16.1 Å². The minimum atomic E-state index is -0.590. The molecule has 0 spiro atoms. The zero-order valence-electron chi connectivity index (χ0n) is 11.0. The maximum atomic E-state index is 13.7. The van der Waals surface area contributed by atoms with Gasteiger partial charge in [0.05, 0.1) is 12.7 Å². The molecule has 0 fully saturated rings. The number of benzene rings is 2. The van der Waals surface area contributed by atoms with E-state index < -0.39 is 11.6 Å². The number of hydrogen-bond acceptors (Lipinski definition) is 3. The topological polar surface area (TPSA) is 39.4 Å². The van der Waals surface area contributed by atoms with Crippen LogP contribution in [0.15, 0.2) is 46.9 Å². The SMILES string of the molecule is COc1cc(Cl)cc2cc(C(=O)c3ccccc3F)oc12. The molecular weight excluding hydrogens is 295 g/mol. The third-order valence-electron chi connectivity index (χ3n) is 3.11. The summed E-state index contributed by atoms with van der Waals surface area (Å²) in [6.07, 6.45) is 0. The molecule has 0 atom stereocenters. The van der Waals surface area contributed by atoms with Gasteiger partial charge in [-0.05, 0) is 24.3 Å². The fourth-order valence-corrected chi connectivity index (χ4v) is 2.34. The summed E-state index contributed by atoms with van der Waals surface area (Å²) < 4.78 is 24.4. The Labute approximate surface area is 124 Å². The summed E-state index contributed by atoms with van der Waals surface area (Å²) in [6, 6.07) is 10.5. The number of rotatable bonds is 3. The van der Waals surface area contributed by atoms with Crippen molar-refractivity contribution in [3.8, 4) is 5.75 Å². The van der Waals surface area contributed by atoms with Gasteiger partial charge in [-0.1, -0.05) is 23.7 Å². The molecule has 0 saturated carbocycles. The summed E-state index contributed by atoms with van der Waals surface area (Å²) in [5.74, 6) is -0.656. The lowest BCUT2D eigenvalue weighted by Gasteiger charge is -2.01. The highest BCUT2D eigenvalue weighted by atomic mass is 35.5. The van der Waals surface area contributed by atoms with Crippen molar-refractivity contribution in [1.82, 2.24) is 0 Å². The van der Waals surface area contributed by atoms with Crippen molar-refractivity contribution in [2.24, 2.45) is 0 Å². The molecule has 0 bridgehead atoms. The van der Waals surface area contributed by atoms with E-state index in [0.717, 1.165) is 0 Å². The highest BCUT2D eigenvalue weighted by molar-refractivity contribution is 6.31. The number of ether oxygens (including phenoxy) is 1. The van der Waals surface area contributed by atoms with Gasteiger partial charge < -0.3 is 9.15 Å². The molecule has 1 aromatic heterocycles. The van der Waals surface area contributed by atoms with Crippen LogP contribution in [0, 0.1) is 5.82 Å². The molecular formula is C16H10ClFO3. The minimum Gasteiger partial charge on any atom is -0.493 e. The molecule has 0 N–H and O–H groups in total. The van der Waals surface area contributed by atoms with Crippen LogP contribution in [0.4, 0.5) is 4.39 Å². The zero-order chi connectivity index (χ0) is 15.0. The van der Waals surface area contributed by atoms with Crippen molar-refractivity contribution < 1.29 is 18.3 Å². The van der Waals surface area contributed by atoms with Gasteiger partial charge in [0.2, 0.25) is 5.78 Å². The number of hydrogen-bond donors (Lipinski definition) is 0. The van der Waals surface area contributed by atoms with Crippen molar-refractivity contribution in [2.45, 2.75) is 0 Å². The predicted molar refractivity (Wildman–Crippen MR) is 77.6 cm³/mol. The van der Waals surface area contributed by atoms with Crippen LogP contribution < -0.4 is 4.74 Å². The van der Waals surface area contributed by atoms with E-state index in [-0.39, 0.29) is 11.3 Å². The smallest absolute Gasteiger partial charge is 0.231 e. The fourth-order valence-electron chi connectivity index (χ4n) is 2.13. The molecule has 21 heavy (non-hydrogen) atoms. The van der Waals surface area contributed by atoms with Gasteiger partial charge in [-0.3, -0.25) is 4.79 Å². The Kier molecular flexibility index (Phi) is 3.39. The van der Waals surface area contributed by atoms with E-state index >= 15 is 0 Å². The van der Waals surface area contributed by atoms with Gasteiger partial charge >= 0.3 is 0 Å². The van der Waals surface area contributed by atoms with E-state index in [1.54, 1.807) is 18.2 Å². The maximum absolute atomic E-state index is 13.7. The number of furan rings is 1. The molecule has 106 valence electrons. The van der Waals surface area contributed by atoms with E-state index in [2.05, 4.69) is 0 Å². The second-order valence-corrected chi connectivity index (χ2v) is 4.88. The quantitative estimate of drug-likeness (QED) is 0.670. The van der Waals surface area contributed by atoms with Gasteiger partial charge in [0.1, 0.15) is 5.82 Å². The second kappa shape index (κ2) is 5.22. The monoisotopic (exact) mass is 304 g/mol. The molecule has 0 amide bonds. The third kappa shape index (κ3) is 2.38. The van der Waals surface area contributed by atoms with Crippen LogP contribution in [0.5, 0.6) is 5.75 Å². The van der Waals surface area contributed by atoms with Crippen LogP contribution in [-0.2, 0) is 0 Å². The van der Waals surface area contributed by atoms with E-state index in [1.165, 1.54) is 31.4 Å². The summed E-state index contributed by atoms with van der Waals surface area (Å²) in [7, 11) is 1.48. The van der Waals surface area contributed by atoms with E-state index in [1.807, 2.05) is 0 Å². The fraction of sp³-hybridized carbons (Fsp3) is 0.0625. The molecule has 3 aromatic rings. The maximum Gasteiger partial charge on any atom is 0.231 e. The van der Waals surface area contributed by atoms with Crippen LogP contribution >= 0.6 is 11.6 Å². The van der Waals surface area contributed by atoms with Crippen molar-refractivity contribution in [3.05, 3.63) is 64.6 Å². The molecule has 0 aliphatic rings. The van der Waals surface area contributed by atoms with E-state index in [0.29, 0.717) is 21.7 Å². The standard InChI is InChI=1S/C16H10ClFO3/c1-20-14-8-10(17)6-9-7-13(21-16(9)14)15(19)11-4-2-3-5-12(11)18/h2-8H,1H3. The number of carbonyl (C=O) groups is 1. The van der Waals surface area contributed by atoms with Crippen LogP contribution in [0.3, 0.4) is 0 Å². The molecule has 3 nitrogen and oxygen atoms in total. The largest absolute Gasteiger partial charge is 0.493 e. The molecule has 3 rings (SSSR count). The highest BCUT2D eigenvalue weighted by Crippen LogP contribution is 2.33. The molecule has 0 saturated heterocycles. The lowest BCUT2D eigenvalue weighted by atomic mass is 10.1. The Morgan fingerprint density at radius 2 is 2.00 bits per heavy atom. The molecule has 1 heterocycles. The van der Waals surface area contributed by atoms with Gasteiger partial charge in [0.15, 0.2) is 17.1 Å². The molecule has 0 aliphatic carbocycles. The normalized spacial score (nSPS) is 10.8. The van der Waals surface area contributed by atoms with Crippen molar-refractivity contribution in [2.75, 3.05) is 7.11 Å². The van der Waals surface area contributed by atoms with Gasteiger partial charge in [-0.15, -0.1) is 0 Å². The van der Waals surface area contributed by atoms with Crippen molar-refractivity contribution in [1.29, 1.82) is 0 Å². The third-order valence-corrected chi connectivity index (χ3v) is 3.33. The van der Waals surface area contributed by atoms with E-state index in [4.69, 9.17) is 20.8 Å². The van der Waals surface area contributed by atoms with Gasteiger partial charge in [0.25, 0.3) is 0 Å². The Morgan fingerprint density at radius 3 is 2.71 bits per heavy atom. The molecule has 5 heteroatoms. The zero-order valence-corrected chi connectivity index (χ0v) is 11.8. The summed E-state index contributed by atoms with van der Waals surface area (Å²) in [6.45, 7) is 0. The van der Waals surface area contributed by atoms with Crippen molar-refractivity contribution in [3.63, 3.8) is 0 Å². The van der Waals surface area contributed by atoms with Gasteiger partial charge in [-0.2, -0.15) is 0 Å². The Bertz CT molecular complexity index is 839. The molecule has 0 unspecified atom stereocenters. The average Bonchev–Trinajstić information content (AvgIpc) is 2.90. The number of ketones is 1. The first-order valence-corrected chi connectivity index (χ1v) is 6.54. The first-order chi connectivity index (χ1) is 10.1. The summed E-state index contributed by atoms with van der Waals surface area (Å²) in [5.41, 5.74) is 0.364. The summed E-state index contributed by atoms with van der Waals surface area (Å²) >= 11 is 5.97. The molecule has 0 radical (unpaired) electrons. The average molecular weight is 305 g/mol. The molecule has 0 aliphatic heterocycles. The van der Waals surface area contributed by atoms with Gasteiger partial charge in [-0.25, -0.2) is 4.39 Å². The van der Waals surface area contributed by atoms with Gasteiger partial charge in [0, 0.05) is 16.5 Å². The summed E-state index contributed by atoms with van der Waals surface area (Å²) in [5, 5.41) is 1.09. The Balaban J connectivity index is 2.14. The lowest BCUT2D eigenvalue weighted by molar-refractivity contribution is 0.101. The first kappa shape index (κ1) is 13.6. The Hall–Kier alpha value is -2.33. The predicted octanol–water partition coefficient (Wildman–Crippen LogP) is 4.46. The lowest BCUT2D eigenvalue weighted by Crippen LogP contribution is -2.02. The highest BCUT2D eigenvalue weighted by Gasteiger charge is 2.19. The second-order valence-electron chi connectivity index (χ2n) is 4.45. The van der Waals surface area contributed by atoms with Crippen molar-refractivity contribution >= 4 is 28.4 Å². The van der Waals surface area contributed by atoms with E-state index in [9.17, 15) is 9.18 Å². The summed E-state index contributed by atoms with van der Waals surface area (Å²) in [4.78, 5) is 12.3. The first-order valence-electron chi connectivity index (χ1n) is 6.16. The number of carbonyl (C=O) groups excluding carboxylic acids is 1. The van der Waals surface area contributed by atoms with Crippen LogP contribution in [0.25, 0.3) is 11.0 Å².